The maximum absolute atomic E-state index is 12.8. The number of ether oxygens (including phenoxy) is 2. The summed E-state index contributed by atoms with van der Waals surface area (Å²) in [5.41, 5.74) is 2.66. The van der Waals surface area contributed by atoms with Crippen molar-refractivity contribution in [1.29, 1.82) is 0 Å². The zero-order valence-electron chi connectivity index (χ0n) is 21.4. The first-order valence-corrected chi connectivity index (χ1v) is 11.9. The van der Waals surface area contributed by atoms with Gasteiger partial charge in [-0.1, -0.05) is 30.3 Å². The molecule has 0 radical (unpaired) electrons. The Morgan fingerprint density at radius 3 is 2.46 bits per heavy atom. The van der Waals surface area contributed by atoms with Gasteiger partial charge in [0.25, 0.3) is 11.8 Å². The second-order valence-electron chi connectivity index (χ2n) is 8.27. The molecule has 37 heavy (non-hydrogen) atoms. The summed E-state index contributed by atoms with van der Waals surface area (Å²) >= 11 is 0. The zero-order valence-corrected chi connectivity index (χ0v) is 21.4. The molecule has 2 aromatic carbocycles. The van der Waals surface area contributed by atoms with E-state index in [1.54, 1.807) is 50.8 Å². The van der Waals surface area contributed by atoms with Crippen LogP contribution in [0, 0.1) is 6.92 Å². The maximum atomic E-state index is 12.8. The molecule has 1 unspecified atom stereocenters. The fourth-order valence-corrected chi connectivity index (χ4v) is 3.76. The highest BCUT2D eigenvalue weighted by Crippen LogP contribution is 2.21. The van der Waals surface area contributed by atoms with E-state index in [4.69, 9.17) is 9.47 Å². The van der Waals surface area contributed by atoms with Gasteiger partial charge in [0.15, 0.2) is 5.82 Å². The summed E-state index contributed by atoms with van der Waals surface area (Å²) in [7, 11) is 3.18. The second kappa shape index (κ2) is 13.6. The van der Waals surface area contributed by atoms with Crippen LogP contribution in [0.3, 0.4) is 0 Å². The molecule has 8 heteroatoms. The number of benzene rings is 2. The van der Waals surface area contributed by atoms with Crippen molar-refractivity contribution in [3.8, 4) is 11.5 Å². The predicted octanol–water partition coefficient (Wildman–Crippen LogP) is 4.80. The number of aliphatic imine (C=N–C) groups is 1. The van der Waals surface area contributed by atoms with Crippen LogP contribution in [-0.2, 0) is 6.54 Å². The monoisotopic (exact) mass is 500 g/mol. The molecule has 1 heterocycles. The van der Waals surface area contributed by atoms with Gasteiger partial charge in [0, 0.05) is 48.1 Å². The van der Waals surface area contributed by atoms with Crippen molar-refractivity contribution in [2.45, 2.75) is 32.4 Å². The summed E-state index contributed by atoms with van der Waals surface area (Å²) in [6, 6.07) is 16.1. The maximum Gasteiger partial charge on any atom is 0.253 e. The largest absolute Gasteiger partial charge is 0.496 e. The Morgan fingerprint density at radius 1 is 1.00 bits per heavy atom. The fourth-order valence-electron chi connectivity index (χ4n) is 3.76. The highest BCUT2D eigenvalue weighted by Gasteiger charge is 2.16. The van der Waals surface area contributed by atoms with Crippen LogP contribution in [0.1, 0.15) is 44.7 Å². The number of methoxy groups -OCH3 is 2. The molecule has 0 saturated carbocycles. The van der Waals surface area contributed by atoms with Gasteiger partial charge in [-0.25, -0.2) is 9.98 Å². The van der Waals surface area contributed by atoms with Gasteiger partial charge >= 0.3 is 0 Å². The Bertz CT molecular complexity index is 1260. The summed E-state index contributed by atoms with van der Waals surface area (Å²) in [5.74, 6) is 1.43. The number of amides is 2. The third-order valence-electron chi connectivity index (χ3n) is 5.79. The molecular formula is C29H32N4O4. The van der Waals surface area contributed by atoms with Crippen molar-refractivity contribution >= 4 is 23.8 Å². The number of carbonyl (C=O) groups excluding carboxylic acids is 2. The summed E-state index contributed by atoms with van der Waals surface area (Å²) < 4.78 is 10.6. The van der Waals surface area contributed by atoms with Crippen LogP contribution in [0.4, 0.5) is 5.82 Å². The number of aromatic nitrogens is 1. The van der Waals surface area contributed by atoms with Crippen LogP contribution in [0.2, 0.25) is 0 Å². The zero-order chi connectivity index (χ0) is 26.6. The lowest BCUT2D eigenvalue weighted by Crippen LogP contribution is -2.35. The van der Waals surface area contributed by atoms with Crippen LogP contribution in [0.15, 0.2) is 78.4 Å². The quantitative estimate of drug-likeness (QED) is 0.275. The van der Waals surface area contributed by atoms with Crippen LogP contribution < -0.4 is 20.1 Å². The number of nitrogens with zero attached hydrogens (tertiary/aromatic N) is 2. The van der Waals surface area contributed by atoms with Gasteiger partial charge in [0.1, 0.15) is 11.5 Å². The Balaban J connectivity index is 1.56. The van der Waals surface area contributed by atoms with Gasteiger partial charge in [-0.3, -0.25) is 9.59 Å². The minimum Gasteiger partial charge on any atom is -0.496 e. The van der Waals surface area contributed by atoms with Crippen molar-refractivity contribution in [1.82, 2.24) is 15.6 Å². The van der Waals surface area contributed by atoms with Gasteiger partial charge in [-0.2, -0.15) is 0 Å². The topological polar surface area (TPSA) is 102 Å². The van der Waals surface area contributed by atoms with Gasteiger partial charge in [-0.05, 0) is 43.7 Å². The molecule has 0 aliphatic rings. The van der Waals surface area contributed by atoms with E-state index in [1.807, 2.05) is 37.3 Å². The summed E-state index contributed by atoms with van der Waals surface area (Å²) in [6.07, 6.45) is 6.02. The molecule has 0 spiro atoms. The first-order chi connectivity index (χ1) is 18.0. The molecule has 0 aliphatic heterocycles. The minimum absolute atomic E-state index is 0.181. The minimum atomic E-state index is -0.240. The number of carbonyl (C=O) groups is 2. The molecule has 0 saturated heterocycles. The average Bonchev–Trinajstić information content (AvgIpc) is 2.92. The molecule has 3 rings (SSSR count). The molecule has 0 bridgehead atoms. The van der Waals surface area contributed by atoms with Crippen LogP contribution in [0.25, 0.3) is 0 Å². The van der Waals surface area contributed by atoms with E-state index >= 15 is 0 Å². The molecule has 1 aromatic heterocycles. The highest BCUT2D eigenvalue weighted by molar-refractivity contribution is 5.96. The number of rotatable bonds is 12. The van der Waals surface area contributed by atoms with Gasteiger partial charge in [0.2, 0.25) is 0 Å². The van der Waals surface area contributed by atoms with Gasteiger partial charge in [-0.15, -0.1) is 6.58 Å². The van der Waals surface area contributed by atoms with Crippen LogP contribution in [-0.4, -0.2) is 43.3 Å². The molecule has 2 N–H and O–H groups in total. The fraction of sp³-hybridized carbons (Fsp3) is 0.241. The van der Waals surface area contributed by atoms with Gasteiger partial charge < -0.3 is 20.1 Å². The van der Waals surface area contributed by atoms with E-state index in [0.29, 0.717) is 42.1 Å². The SMILES string of the molecule is C=CCC(CC=Nc1ccc(C(=O)NCc2ccccc2OC)cn1)NC(=O)c1cccc(OC)c1C. The average molecular weight is 501 g/mol. The Kier molecular flexibility index (Phi) is 9.96. The molecule has 192 valence electrons. The first kappa shape index (κ1) is 27.1. The molecular weight excluding hydrogens is 468 g/mol. The van der Waals surface area contributed by atoms with E-state index < -0.39 is 0 Å². The smallest absolute Gasteiger partial charge is 0.253 e. The summed E-state index contributed by atoms with van der Waals surface area (Å²) in [5, 5.41) is 5.90. The van der Waals surface area contributed by atoms with E-state index in [1.165, 1.54) is 6.20 Å². The molecule has 0 fully saturated rings. The molecule has 8 nitrogen and oxygen atoms in total. The first-order valence-electron chi connectivity index (χ1n) is 11.9. The normalized spacial score (nSPS) is 11.5. The van der Waals surface area contributed by atoms with E-state index in [0.717, 1.165) is 16.9 Å². The lowest BCUT2D eigenvalue weighted by Gasteiger charge is -2.17. The number of hydrogen-bond acceptors (Lipinski definition) is 6. The highest BCUT2D eigenvalue weighted by atomic mass is 16.5. The van der Waals surface area contributed by atoms with E-state index in [-0.39, 0.29) is 17.9 Å². The van der Waals surface area contributed by atoms with E-state index in [9.17, 15) is 9.59 Å². The third-order valence-corrected chi connectivity index (χ3v) is 5.79. The standard InChI is InChI=1S/C29H32N4O4/c1-5-9-23(33-29(35)24-11-8-13-25(36-3)20(24)2)16-17-30-27-15-14-22(19-31-27)28(34)32-18-21-10-6-7-12-26(21)37-4/h5-8,10-15,17,19,23H,1,9,16,18H2,2-4H3,(H,32,34)(H,33,35). The molecule has 3 aromatic rings. The predicted molar refractivity (Wildman–Crippen MR) is 145 cm³/mol. The van der Waals surface area contributed by atoms with Crippen molar-refractivity contribution in [3.63, 3.8) is 0 Å². The lowest BCUT2D eigenvalue weighted by atomic mass is 10.1. The second-order valence-corrected chi connectivity index (χ2v) is 8.27. The number of hydrogen-bond donors (Lipinski definition) is 2. The lowest BCUT2D eigenvalue weighted by molar-refractivity contribution is 0.0933. The summed E-state index contributed by atoms with van der Waals surface area (Å²) in [6.45, 7) is 5.98. The Labute approximate surface area is 217 Å². The number of pyridine rings is 1. The number of nitrogens with one attached hydrogen (secondary N) is 2. The van der Waals surface area contributed by atoms with Gasteiger partial charge in [0.05, 0.1) is 19.8 Å². The molecule has 0 aliphatic carbocycles. The van der Waals surface area contributed by atoms with Crippen molar-refractivity contribution < 1.29 is 19.1 Å². The molecule has 1 atom stereocenters. The Morgan fingerprint density at radius 2 is 1.76 bits per heavy atom. The number of para-hydroxylation sites is 1. The summed E-state index contributed by atoms with van der Waals surface area (Å²) in [4.78, 5) is 34.0. The van der Waals surface area contributed by atoms with Crippen LogP contribution in [0.5, 0.6) is 11.5 Å². The Hall–Kier alpha value is -4.46. The van der Waals surface area contributed by atoms with E-state index in [2.05, 4.69) is 27.2 Å². The van der Waals surface area contributed by atoms with Crippen molar-refractivity contribution in [2.75, 3.05) is 14.2 Å². The third kappa shape index (κ3) is 7.51. The molecule has 2 amide bonds. The van der Waals surface area contributed by atoms with Crippen molar-refractivity contribution in [2.24, 2.45) is 4.99 Å². The van der Waals surface area contributed by atoms with Crippen molar-refractivity contribution in [3.05, 3.63) is 95.7 Å². The van der Waals surface area contributed by atoms with Crippen LogP contribution >= 0.6 is 0 Å².